The Morgan fingerprint density at radius 1 is 0.875 bits per heavy atom. The standard InChI is InChI=1S/C37H38N2O8S/c1-23-31(22-48-35-30(36(44)45)8-5-19-38-35)46-37(47-34(23)26-13-11-24(21-40)12-14-26)27-17-15-25(16-18-27)29-7-3-2-6-28(29)20-39-32(41)9-4-10-33(42)43/h2-3,5-8,11-19,23,31,34,37,40H,4,9-10,20-22H2,1H3,(H,39,41)(H,42,43)(H,44,45). The topological polar surface area (TPSA) is 155 Å². The second-order valence-corrected chi connectivity index (χ2v) is 12.6. The van der Waals surface area contributed by atoms with Crippen LogP contribution in [0.1, 0.15) is 71.2 Å². The van der Waals surface area contributed by atoms with E-state index in [4.69, 9.17) is 14.6 Å². The number of carbonyl (C=O) groups excluding carboxylic acids is 1. The van der Waals surface area contributed by atoms with E-state index in [0.717, 1.165) is 33.4 Å². The van der Waals surface area contributed by atoms with Crippen molar-refractivity contribution in [3.05, 3.63) is 119 Å². The van der Waals surface area contributed by atoms with E-state index in [1.807, 2.05) is 79.7 Å². The zero-order valence-electron chi connectivity index (χ0n) is 26.5. The molecule has 5 rings (SSSR count). The number of aromatic carboxylic acids is 1. The monoisotopic (exact) mass is 670 g/mol. The summed E-state index contributed by atoms with van der Waals surface area (Å²) in [7, 11) is 0. The number of benzene rings is 3. The van der Waals surface area contributed by atoms with E-state index < -0.39 is 18.2 Å². The number of hydrogen-bond acceptors (Lipinski definition) is 8. The molecule has 3 aromatic carbocycles. The van der Waals surface area contributed by atoms with Crippen LogP contribution >= 0.6 is 11.8 Å². The minimum absolute atomic E-state index is 0.0457. The normalized spacial score (nSPS) is 19.0. The Morgan fingerprint density at radius 3 is 2.31 bits per heavy atom. The summed E-state index contributed by atoms with van der Waals surface area (Å²) in [6.07, 6.45) is 0.631. The van der Waals surface area contributed by atoms with Gasteiger partial charge in [-0.1, -0.05) is 79.7 Å². The summed E-state index contributed by atoms with van der Waals surface area (Å²) in [6, 6.07) is 26.4. The molecule has 11 heteroatoms. The molecule has 0 radical (unpaired) electrons. The van der Waals surface area contributed by atoms with Crippen LogP contribution in [0.4, 0.5) is 0 Å². The van der Waals surface area contributed by atoms with Crippen molar-refractivity contribution < 1.29 is 39.2 Å². The highest BCUT2D eigenvalue weighted by Gasteiger charge is 2.38. The predicted molar refractivity (Wildman–Crippen MR) is 180 cm³/mol. The summed E-state index contributed by atoms with van der Waals surface area (Å²) in [5, 5.41) is 31.3. The van der Waals surface area contributed by atoms with Crippen LogP contribution in [0.3, 0.4) is 0 Å². The van der Waals surface area contributed by atoms with Crippen molar-refractivity contribution in [2.45, 2.75) is 62.9 Å². The van der Waals surface area contributed by atoms with E-state index in [0.29, 0.717) is 17.3 Å². The Bertz CT molecular complexity index is 1710. The zero-order chi connectivity index (χ0) is 34.0. The number of nitrogens with zero attached hydrogens (tertiary/aromatic N) is 1. The molecule has 1 saturated heterocycles. The fourth-order valence-corrected chi connectivity index (χ4v) is 6.75. The minimum Gasteiger partial charge on any atom is -0.481 e. The third-order valence-corrected chi connectivity index (χ3v) is 9.38. The molecule has 250 valence electrons. The maximum atomic E-state index is 12.3. The van der Waals surface area contributed by atoms with Gasteiger partial charge >= 0.3 is 11.9 Å². The lowest BCUT2D eigenvalue weighted by molar-refractivity contribution is -0.268. The quantitative estimate of drug-likeness (QED) is 0.111. The molecule has 0 saturated carbocycles. The fraction of sp³-hybridized carbons (Fsp3) is 0.297. The number of aliphatic carboxylic acids is 1. The van der Waals surface area contributed by atoms with Crippen molar-refractivity contribution in [3.63, 3.8) is 0 Å². The van der Waals surface area contributed by atoms with Gasteiger partial charge in [0.25, 0.3) is 0 Å². The Kier molecular flexibility index (Phi) is 12.0. The van der Waals surface area contributed by atoms with E-state index in [9.17, 15) is 24.6 Å². The van der Waals surface area contributed by atoms with Crippen molar-refractivity contribution >= 4 is 29.6 Å². The van der Waals surface area contributed by atoms with E-state index in [2.05, 4.69) is 10.3 Å². The first-order valence-electron chi connectivity index (χ1n) is 15.7. The number of hydrogen-bond donors (Lipinski definition) is 4. The van der Waals surface area contributed by atoms with Crippen LogP contribution in [0.25, 0.3) is 11.1 Å². The number of ether oxygens (including phenoxy) is 2. The lowest BCUT2D eigenvalue weighted by Gasteiger charge is -2.41. The Labute approximate surface area is 283 Å². The molecule has 4 atom stereocenters. The van der Waals surface area contributed by atoms with Crippen LogP contribution in [-0.4, -0.2) is 50.0 Å². The number of amides is 1. The Hall–Kier alpha value is -4.55. The van der Waals surface area contributed by atoms with Gasteiger partial charge in [-0.2, -0.15) is 0 Å². The molecule has 4 unspecified atom stereocenters. The number of aromatic nitrogens is 1. The van der Waals surface area contributed by atoms with Gasteiger partial charge in [0.15, 0.2) is 6.29 Å². The first kappa shape index (κ1) is 34.8. The third-order valence-electron chi connectivity index (χ3n) is 8.29. The van der Waals surface area contributed by atoms with Gasteiger partial charge in [0.2, 0.25) is 5.91 Å². The van der Waals surface area contributed by atoms with Gasteiger partial charge in [-0.3, -0.25) is 9.59 Å². The van der Waals surface area contributed by atoms with Crippen LogP contribution in [0.15, 0.2) is 96.2 Å². The molecule has 1 aliphatic rings. The van der Waals surface area contributed by atoms with E-state index in [-0.39, 0.29) is 55.5 Å². The molecular formula is C37H38N2O8S. The second-order valence-electron chi connectivity index (χ2n) is 11.6. The van der Waals surface area contributed by atoms with Crippen molar-refractivity contribution in [1.82, 2.24) is 10.3 Å². The number of aliphatic hydroxyl groups is 1. The largest absolute Gasteiger partial charge is 0.481 e. The van der Waals surface area contributed by atoms with E-state index >= 15 is 0 Å². The van der Waals surface area contributed by atoms with Crippen LogP contribution in [0.2, 0.25) is 0 Å². The number of aliphatic hydroxyl groups excluding tert-OH is 1. The number of carbonyl (C=O) groups is 3. The van der Waals surface area contributed by atoms with Gasteiger partial charge < -0.3 is 30.1 Å². The SMILES string of the molecule is CC1C(CSc2ncccc2C(=O)O)OC(c2ccc(-c3ccccc3CNC(=O)CCCC(=O)O)cc2)OC1c1ccc(CO)cc1. The number of thioether (sulfide) groups is 1. The second kappa shape index (κ2) is 16.5. The van der Waals surface area contributed by atoms with Crippen molar-refractivity contribution in [2.75, 3.05) is 5.75 Å². The van der Waals surface area contributed by atoms with Crippen LogP contribution in [0.5, 0.6) is 0 Å². The molecule has 0 aliphatic carbocycles. The third kappa shape index (κ3) is 8.87. The van der Waals surface area contributed by atoms with Gasteiger partial charge in [-0.25, -0.2) is 9.78 Å². The van der Waals surface area contributed by atoms with Gasteiger partial charge in [0.1, 0.15) is 5.03 Å². The maximum Gasteiger partial charge on any atom is 0.338 e. The lowest BCUT2D eigenvalue weighted by atomic mass is 9.91. The van der Waals surface area contributed by atoms with Crippen LogP contribution in [0, 0.1) is 5.92 Å². The van der Waals surface area contributed by atoms with Crippen molar-refractivity contribution in [1.29, 1.82) is 0 Å². The van der Waals surface area contributed by atoms with Crippen LogP contribution in [-0.2, 0) is 32.2 Å². The highest BCUT2D eigenvalue weighted by atomic mass is 32.2. The summed E-state index contributed by atoms with van der Waals surface area (Å²) in [5.74, 6) is -1.78. The number of rotatable bonds is 14. The average molecular weight is 671 g/mol. The molecule has 0 bridgehead atoms. The maximum absolute atomic E-state index is 12.3. The number of carboxylic acids is 2. The molecule has 1 aliphatic heterocycles. The summed E-state index contributed by atoms with van der Waals surface area (Å²) < 4.78 is 13.1. The minimum atomic E-state index is -1.04. The predicted octanol–water partition coefficient (Wildman–Crippen LogP) is 6.39. The Balaban J connectivity index is 1.34. The molecule has 1 aromatic heterocycles. The van der Waals surface area contributed by atoms with Crippen molar-refractivity contribution in [3.8, 4) is 11.1 Å². The van der Waals surface area contributed by atoms with Gasteiger partial charge in [0.05, 0.1) is 24.4 Å². The van der Waals surface area contributed by atoms with Gasteiger partial charge in [-0.05, 0) is 46.4 Å². The highest BCUT2D eigenvalue weighted by Crippen LogP contribution is 2.43. The molecular weight excluding hydrogens is 632 g/mol. The molecule has 10 nitrogen and oxygen atoms in total. The number of pyridine rings is 1. The zero-order valence-corrected chi connectivity index (χ0v) is 27.3. The van der Waals surface area contributed by atoms with Gasteiger partial charge in [0, 0.05) is 42.8 Å². The van der Waals surface area contributed by atoms with Crippen LogP contribution < -0.4 is 5.32 Å². The molecule has 0 spiro atoms. The van der Waals surface area contributed by atoms with E-state index in [1.165, 1.54) is 17.8 Å². The summed E-state index contributed by atoms with van der Waals surface area (Å²) >= 11 is 1.34. The molecule has 1 amide bonds. The number of nitrogens with one attached hydrogen (secondary N) is 1. The molecule has 4 N–H and O–H groups in total. The van der Waals surface area contributed by atoms with E-state index in [1.54, 1.807) is 12.3 Å². The molecule has 4 aromatic rings. The first-order valence-corrected chi connectivity index (χ1v) is 16.7. The average Bonchev–Trinajstić information content (AvgIpc) is 3.10. The van der Waals surface area contributed by atoms with Gasteiger partial charge in [-0.15, -0.1) is 11.8 Å². The number of carboxylic acid groups (broad SMARTS) is 2. The molecule has 48 heavy (non-hydrogen) atoms. The Morgan fingerprint density at radius 2 is 1.60 bits per heavy atom. The van der Waals surface area contributed by atoms with Crippen molar-refractivity contribution in [2.24, 2.45) is 5.92 Å². The lowest BCUT2D eigenvalue weighted by Crippen LogP contribution is -2.38. The first-order chi connectivity index (χ1) is 23.2. The summed E-state index contributed by atoms with van der Waals surface area (Å²) in [6.45, 7) is 2.30. The smallest absolute Gasteiger partial charge is 0.338 e. The highest BCUT2D eigenvalue weighted by molar-refractivity contribution is 7.99. The molecule has 2 heterocycles. The summed E-state index contributed by atoms with van der Waals surface area (Å²) in [4.78, 5) is 39.1. The molecule has 1 fully saturated rings. The summed E-state index contributed by atoms with van der Waals surface area (Å²) in [5.41, 5.74) is 5.52. The fourth-order valence-electron chi connectivity index (χ4n) is 5.60.